The zero-order chi connectivity index (χ0) is 19.1. The fourth-order valence-corrected chi connectivity index (χ4v) is 2.84. The third-order valence-corrected chi connectivity index (χ3v) is 4.11. The molecular weight excluding hydrogens is 373 g/mol. The largest absolute Gasteiger partial charge is 0.329 e. The number of carbonyl (C=O) groups is 2. The summed E-state index contributed by atoms with van der Waals surface area (Å²) in [5, 5.41) is 12.4. The molecule has 0 aliphatic carbocycles. The summed E-state index contributed by atoms with van der Waals surface area (Å²) in [6.07, 6.45) is 0.693. The van der Waals surface area contributed by atoms with Gasteiger partial charge in [0.05, 0.1) is 22.3 Å². The molecule has 0 saturated carbocycles. The van der Waals surface area contributed by atoms with E-state index in [0.717, 1.165) is 0 Å². The monoisotopic (exact) mass is 389 g/mol. The summed E-state index contributed by atoms with van der Waals surface area (Å²) in [4.78, 5) is 26.5. The molecule has 0 aromatic heterocycles. The van der Waals surface area contributed by atoms with Gasteiger partial charge in [-0.15, -0.1) is 0 Å². The molecule has 5 nitrogen and oxygen atoms in total. The van der Waals surface area contributed by atoms with Gasteiger partial charge in [0.1, 0.15) is 6.54 Å². The molecule has 0 aliphatic heterocycles. The van der Waals surface area contributed by atoms with Crippen LogP contribution in [0.5, 0.6) is 0 Å². The van der Waals surface area contributed by atoms with Crippen LogP contribution in [0.3, 0.4) is 0 Å². The number of benzene rings is 2. The molecule has 2 rings (SSSR count). The number of rotatable bonds is 6. The minimum absolute atomic E-state index is 0.123. The van der Waals surface area contributed by atoms with Crippen molar-refractivity contribution in [1.29, 1.82) is 5.26 Å². The summed E-state index contributed by atoms with van der Waals surface area (Å²) in [6.45, 7) is 2.21. The molecule has 2 aromatic carbocycles. The van der Waals surface area contributed by atoms with Gasteiger partial charge in [0, 0.05) is 17.1 Å². The summed E-state index contributed by atoms with van der Waals surface area (Å²) in [5.41, 5.74) is 1.19. The van der Waals surface area contributed by atoms with E-state index in [4.69, 9.17) is 28.5 Å². The Kier molecular flexibility index (Phi) is 7.02. The van der Waals surface area contributed by atoms with Crippen molar-refractivity contribution in [3.8, 4) is 6.07 Å². The Morgan fingerprint density at radius 3 is 2.62 bits per heavy atom. The second-order valence-electron chi connectivity index (χ2n) is 5.59. The highest BCUT2D eigenvalue weighted by Gasteiger charge is 2.19. The molecule has 0 saturated heterocycles. The Bertz CT molecular complexity index is 862. The van der Waals surface area contributed by atoms with Crippen molar-refractivity contribution in [1.82, 2.24) is 4.90 Å². The van der Waals surface area contributed by atoms with E-state index in [1.165, 1.54) is 17.0 Å². The predicted octanol–water partition coefficient (Wildman–Crippen LogP) is 4.36. The highest BCUT2D eigenvalue weighted by atomic mass is 35.5. The fourth-order valence-electron chi connectivity index (χ4n) is 2.38. The maximum absolute atomic E-state index is 12.7. The third-order valence-electron chi connectivity index (χ3n) is 3.56. The van der Waals surface area contributed by atoms with E-state index in [1.54, 1.807) is 30.3 Å². The lowest BCUT2D eigenvalue weighted by Gasteiger charge is -2.22. The Labute approximate surface area is 162 Å². The molecule has 0 bridgehead atoms. The standard InChI is InChI=1S/C19H17Cl2N3O2/c1-2-8-24(19(26)14-5-3-4-13(9-14)11-22)12-18(25)23-17-7-6-15(20)10-16(17)21/h3-7,9-10H,2,8,12H2,1H3,(H,23,25). The molecule has 0 spiro atoms. The lowest BCUT2D eigenvalue weighted by molar-refractivity contribution is -0.116. The molecule has 2 amide bonds. The van der Waals surface area contributed by atoms with Crippen molar-refractivity contribution in [2.45, 2.75) is 13.3 Å². The van der Waals surface area contributed by atoms with Crippen LogP contribution in [-0.2, 0) is 4.79 Å². The van der Waals surface area contributed by atoms with Crippen molar-refractivity contribution in [3.05, 3.63) is 63.6 Å². The van der Waals surface area contributed by atoms with Crippen LogP contribution < -0.4 is 5.32 Å². The molecule has 0 fully saturated rings. The van der Waals surface area contributed by atoms with Crippen LogP contribution in [0.1, 0.15) is 29.3 Å². The van der Waals surface area contributed by atoms with Crippen LogP contribution in [-0.4, -0.2) is 29.8 Å². The quantitative estimate of drug-likeness (QED) is 0.797. The Morgan fingerprint density at radius 2 is 1.96 bits per heavy atom. The molecule has 134 valence electrons. The third kappa shape index (κ3) is 5.22. The topological polar surface area (TPSA) is 73.2 Å². The number of amides is 2. The number of hydrogen-bond donors (Lipinski definition) is 1. The first-order chi connectivity index (χ1) is 12.4. The number of nitrogens with one attached hydrogen (secondary N) is 1. The summed E-state index contributed by atoms with van der Waals surface area (Å²) < 4.78 is 0. The van der Waals surface area contributed by atoms with E-state index in [-0.39, 0.29) is 18.4 Å². The molecule has 0 heterocycles. The normalized spacial score (nSPS) is 10.1. The van der Waals surface area contributed by atoms with Crippen molar-refractivity contribution >= 4 is 40.7 Å². The summed E-state index contributed by atoms with van der Waals surface area (Å²) in [6, 6.07) is 13.2. The minimum Gasteiger partial charge on any atom is -0.329 e. The number of anilines is 1. The van der Waals surface area contributed by atoms with Crippen LogP contribution in [0.2, 0.25) is 10.0 Å². The molecule has 2 aromatic rings. The Morgan fingerprint density at radius 1 is 1.19 bits per heavy atom. The zero-order valence-electron chi connectivity index (χ0n) is 14.1. The van der Waals surface area contributed by atoms with Gasteiger partial charge in [-0.25, -0.2) is 0 Å². The second-order valence-corrected chi connectivity index (χ2v) is 6.44. The Hall–Kier alpha value is -2.55. The van der Waals surface area contributed by atoms with Crippen molar-refractivity contribution in [2.75, 3.05) is 18.4 Å². The lowest BCUT2D eigenvalue weighted by Crippen LogP contribution is -2.38. The molecule has 0 unspecified atom stereocenters. The first-order valence-electron chi connectivity index (χ1n) is 7.99. The molecule has 0 atom stereocenters. The van der Waals surface area contributed by atoms with Crippen LogP contribution in [0.25, 0.3) is 0 Å². The van der Waals surface area contributed by atoms with Crippen LogP contribution in [0.15, 0.2) is 42.5 Å². The maximum atomic E-state index is 12.7. The van der Waals surface area contributed by atoms with Gasteiger partial charge < -0.3 is 10.2 Å². The van der Waals surface area contributed by atoms with Crippen LogP contribution in [0.4, 0.5) is 5.69 Å². The minimum atomic E-state index is -0.368. The van der Waals surface area contributed by atoms with E-state index in [0.29, 0.717) is 39.8 Å². The van der Waals surface area contributed by atoms with Gasteiger partial charge in [0.2, 0.25) is 5.91 Å². The van der Waals surface area contributed by atoms with Gasteiger partial charge in [-0.05, 0) is 42.8 Å². The average Bonchev–Trinajstić information content (AvgIpc) is 2.63. The summed E-state index contributed by atoms with van der Waals surface area (Å²) >= 11 is 11.9. The first-order valence-corrected chi connectivity index (χ1v) is 8.74. The van der Waals surface area contributed by atoms with Gasteiger partial charge >= 0.3 is 0 Å². The number of hydrogen-bond acceptors (Lipinski definition) is 3. The van der Waals surface area contributed by atoms with Gasteiger partial charge in [-0.2, -0.15) is 5.26 Å². The van der Waals surface area contributed by atoms with E-state index in [2.05, 4.69) is 5.32 Å². The van der Waals surface area contributed by atoms with Crippen molar-refractivity contribution in [3.63, 3.8) is 0 Å². The Balaban J connectivity index is 2.12. The van der Waals surface area contributed by atoms with E-state index in [1.807, 2.05) is 13.0 Å². The van der Waals surface area contributed by atoms with E-state index < -0.39 is 0 Å². The van der Waals surface area contributed by atoms with E-state index in [9.17, 15) is 9.59 Å². The van der Waals surface area contributed by atoms with Gasteiger partial charge in [0.15, 0.2) is 0 Å². The number of carbonyl (C=O) groups excluding carboxylic acids is 2. The predicted molar refractivity (Wildman–Crippen MR) is 102 cm³/mol. The molecule has 0 radical (unpaired) electrons. The number of nitriles is 1. The van der Waals surface area contributed by atoms with Crippen LogP contribution >= 0.6 is 23.2 Å². The first kappa shape index (κ1) is 19.8. The second kappa shape index (κ2) is 9.23. The van der Waals surface area contributed by atoms with E-state index >= 15 is 0 Å². The van der Waals surface area contributed by atoms with Gasteiger partial charge in [-0.1, -0.05) is 36.2 Å². The highest BCUT2D eigenvalue weighted by molar-refractivity contribution is 6.36. The highest BCUT2D eigenvalue weighted by Crippen LogP contribution is 2.25. The summed E-state index contributed by atoms with van der Waals surface area (Å²) in [7, 11) is 0. The SMILES string of the molecule is CCCN(CC(=O)Nc1ccc(Cl)cc1Cl)C(=O)c1cccc(C#N)c1. The molecule has 0 aliphatic rings. The van der Waals surface area contributed by atoms with Gasteiger partial charge in [0.25, 0.3) is 5.91 Å². The molecule has 26 heavy (non-hydrogen) atoms. The molecular formula is C19H17Cl2N3O2. The molecule has 7 heteroatoms. The zero-order valence-corrected chi connectivity index (χ0v) is 15.6. The van der Waals surface area contributed by atoms with Gasteiger partial charge in [-0.3, -0.25) is 9.59 Å². The number of halogens is 2. The number of nitrogens with zero attached hydrogens (tertiary/aromatic N) is 2. The van der Waals surface area contributed by atoms with Crippen molar-refractivity contribution < 1.29 is 9.59 Å². The fraction of sp³-hybridized carbons (Fsp3) is 0.211. The average molecular weight is 390 g/mol. The summed E-state index contributed by atoms with van der Waals surface area (Å²) in [5.74, 6) is -0.672. The van der Waals surface area contributed by atoms with Crippen LogP contribution in [0, 0.1) is 11.3 Å². The smallest absolute Gasteiger partial charge is 0.254 e. The maximum Gasteiger partial charge on any atom is 0.254 e. The lowest BCUT2D eigenvalue weighted by atomic mass is 10.1. The van der Waals surface area contributed by atoms with Crippen molar-refractivity contribution in [2.24, 2.45) is 0 Å². The molecule has 1 N–H and O–H groups in total.